The molecule has 1 N–H and O–H groups in total. The molecule has 0 aliphatic heterocycles. The summed E-state index contributed by atoms with van der Waals surface area (Å²) in [5, 5.41) is 2.89. The van der Waals surface area contributed by atoms with Crippen LogP contribution in [0, 0.1) is 19.8 Å². The van der Waals surface area contributed by atoms with Gasteiger partial charge in [0.25, 0.3) is 10.0 Å². The van der Waals surface area contributed by atoms with Crippen molar-refractivity contribution in [1.29, 1.82) is 0 Å². The van der Waals surface area contributed by atoms with E-state index in [2.05, 4.69) is 5.32 Å². The molecule has 3 aromatic rings. The third-order valence-corrected chi connectivity index (χ3v) is 8.30. The largest absolute Gasteiger partial charge is 0.495 e. The van der Waals surface area contributed by atoms with E-state index in [0.717, 1.165) is 21.0 Å². The lowest BCUT2D eigenvalue weighted by atomic mass is 10.1. The molecule has 0 saturated carbocycles. The van der Waals surface area contributed by atoms with E-state index in [4.69, 9.17) is 4.74 Å². The highest BCUT2D eigenvalue weighted by atomic mass is 32.2. The number of hydrogen-bond acceptors (Lipinski definition) is 5. The van der Waals surface area contributed by atoms with Gasteiger partial charge >= 0.3 is 0 Å². The summed E-state index contributed by atoms with van der Waals surface area (Å²) in [7, 11) is -2.73. The van der Waals surface area contributed by atoms with E-state index in [1.807, 2.05) is 52.0 Å². The van der Waals surface area contributed by atoms with Crippen molar-refractivity contribution in [1.82, 2.24) is 10.2 Å². The number of amides is 2. The molecule has 0 unspecified atom stereocenters. The van der Waals surface area contributed by atoms with E-state index in [-0.39, 0.29) is 29.0 Å². The first-order valence-electron chi connectivity index (χ1n) is 13.3. The predicted molar refractivity (Wildman–Crippen MR) is 158 cm³/mol. The minimum atomic E-state index is -4.17. The standard InChI is InChI=1S/C31H39N3O5S/c1-22(2)19-32-31(36)25(5)33(20-26-11-9-10-24(4)18-26)30(35)21-34(28-12-7-8-13-29(28)39-6)40(37,38)27-16-14-23(3)15-17-27/h7-18,22,25H,19-21H2,1-6H3,(H,32,36)/t25-/m1/s1. The number of hydrogen-bond donors (Lipinski definition) is 1. The SMILES string of the molecule is COc1ccccc1N(CC(=O)N(Cc1cccc(C)c1)[C@H](C)C(=O)NCC(C)C)S(=O)(=O)c1ccc(C)cc1. The first-order valence-corrected chi connectivity index (χ1v) is 14.7. The Kier molecular flexibility index (Phi) is 10.3. The number of methoxy groups -OCH3 is 1. The average Bonchev–Trinajstić information content (AvgIpc) is 2.93. The van der Waals surface area contributed by atoms with E-state index >= 15 is 0 Å². The molecule has 0 bridgehead atoms. The topological polar surface area (TPSA) is 96.0 Å². The molecule has 0 heterocycles. The van der Waals surface area contributed by atoms with Crippen LogP contribution in [0.25, 0.3) is 0 Å². The van der Waals surface area contributed by atoms with Crippen molar-refractivity contribution in [2.24, 2.45) is 5.92 Å². The molecule has 2 amide bonds. The predicted octanol–water partition coefficient (Wildman–Crippen LogP) is 4.70. The molecule has 0 fully saturated rings. The third-order valence-electron chi connectivity index (χ3n) is 6.53. The zero-order valence-electron chi connectivity index (χ0n) is 24.0. The van der Waals surface area contributed by atoms with Crippen LogP contribution >= 0.6 is 0 Å². The molecule has 9 heteroatoms. The van der Waals surface area contributed by atoms with Crippen LogP contribution in [0.5, 0.6) is 5.75 Å². The van der Waals surface area contributed by atoms with E-state index < -0.39 is 28.5 Å². The second-order valence-electron chi connectivity index (χ2n) is 10.3. The Hall–Kier alpha value is -3.85. The maximum atomic E-state index is 14.0. The van der Waals surface area contributed by atoms with Crippen LogP contribution in [0.4, 0.5) is 5.69 Å². The molecule has 8 nitrogen and oxygen atoms in total. The molecule has 3 rings (SSSR count). The van der Waals surface area contributed by atoms with Crippen LogP contribution in [0.2, 0.25) is 0 Å². The van der Waals surface area contributed by atoms with Crippen molar-refractivity contribution in [2.75, 3.05) is 24.5 Å². The van der Waals surface area contributed by atoms with Gasteiger partial charge in [-0.05, 0) is 56.5 Å². The maximum absolute atomic E-state index is 14.0. The van der Waals surface area contributed by atoms with Crippen LogP contribution in [0.3, 0.4) is 0 Å². The van der Waals surface area contributed by atoms with Crippen LogP contribution < -0.4 is 14.4 Å². The Balaban J connectivity index is 2.05. The highest BCUT2D eigenvalue weighted by Crippen LogP contribution is 2.32. The van der Waals surface area contributed by atoms with E-state index in [1.165, 1.54) is 24.1 Å². The van der Waals surface area contributed by atoms with Crippen molar-refractivity contribution in [3.63, 3.8) is 0 Å². The number of sulfonamides is 1. The van der Waals surface area contributed by atoms with Crippen molar-refractivity contribution >= 4 is 27.5 Å². The molecule has 0 radical (unpaired) electrons. The molecule has 0 spiro atoms. The van der Waals surface area contributed by atoms with Crippen molar-refractivity contribution < 1.29 is 22.7 Å². The summed E-state index contributed by atoms with van der Waals surface area (Å²) < 4.78 is 34.5. The van der Waals surface area contributed by atoms with Gasteiger partial charge in [-0.25, -0.2) is 8.42 Å². The maximum Gasteiger partial charge on any atom is 0.264 e. The summed E-state index contributed by atoms with van der Waals surface area (Å²) in [6.45, 7) is 9.53. The lowest BCUT2D eigenvalue weighted by molar-refractivity contribution is -0.139. The van der Waals surface area contributed by atoms with E-state index in [9.17, 15) is 18.0 Å². The van der Waals surface area contributed by atoms with Crippen LogP contribution in [0.15, 0.2) is 77.7 Å². The second kappa shape index (κ2) is 13.5. The fourth-order valence-electron chi connectivity index (χ4n) is 4.23. The summed E-state index contributed by atoms with van der Waals surface area (Å²) in [6, 6.07) is 19.9. The first kappa shape index (κ1) is 30.7. The normalized spacial score (nSPS) is 12.1. The Morgan fingerprint density at radius 2 is 1.57 bits per heavy atom. The van der Waals surface area contributed by atoms with Gasteiger partial charge in [-0.1, -0.05) is 73.5 Å². The first-order chi connectivity index (χ1) is 18.9. The quantitative estimate of drug-likeness (QED) is 0.344. The van der Waals surface area contributed by atoms with Crippen LogP contribution in [0.1, 0.15) is 37.5 Å². The monoisotopic (exact) mass is 565 g/mol. The highest BCUT2D eigenvalue weighted by molar-refractivity contribution is 7.92. The molecular weight excluding hydrogens is 526 g/mol. The molecule has 214 valence electrons. The second-order valence-corrected chi connectivity index (χ2v) is 12.2. The third kappa shape index (κ3) is 7.63. The lowest BCUT2D eigenvalue weighted by Gasteiger charge is -2.32. The molecule has 1 atom stereocenters. The molecule has 0 aliphatic rings. The summed E-state index contributed by atoms with van der Waals surface area (Å²) in [5.41, 5.74) is 2.98. The van der Waals surface area contributed by atoms with Gasteiger partial charge in [0.1, 0.15) is 18.3 Å². The number of ether oxygens (including phenoxy) is 1. The van der Waals surface area contributed by atoms with Gasteiger partial charge < -0.3 is 15.0 Å². The van der Waals surface area contributed by atoms with Gasteiger partial charge in [0, 0.05) is 13.1 Å². The van der Waals surface area contributed by atoms with Crippen LogP contribution in [-0.2, 0) is 26.2 Å². The minimum Gasteiger partial charge on any atom is -0.495 e. The number of para-hydroxylation sites is 2. The summed E-state index contributed by atoms with van der Waals surface area (Å²) in [6.07, 6.45) is 0. The molecular formula is C31H39N3O5S. The molecule has 0 aromatic heterocycles. The minimum absolute atomic E-state index is 0.0461. The van der Waals surface area contributed by atoms with Crippen molar-refractivity contribution in [3.05, 3.63) is 89.5 Å². The van der Waals surface area contributed by atoms with Gasteiger partial charge in [0.15, 0.2) is 0 Å². The fourth-order valence-corrected chi connectivity index (χ4v) is 5.65. The number of carbonyl (C=O) groups excluding carboxylic acids is 2. The highest BCUT2D eigenvalue weighted by Gasteiger charge is 2.33. The average molecular weight is 566 g/mol. The number of carbonyl (C=O) groups is 2. The Bertz CT molecular complexity index is 1420. The number of nitrogens with zero attached hydrogens (tertiary/aromatic N) is 2. The van der Waals surface area contributed by atoms with Crippen molar-refractivity contribution in [2.45, 2.75) is 52.1 Å². The zero-order valence-corrected chi connectivity index (χ0v) is 24.9. The summed E-state index contributed by atoms with van der Waals surface area (Å²) in [4.78, 5) is 28.6. The summed E-state index contributed by atoms with van der Waals surface area (Å²) >= 11 is 0. The van der Waals surface area contributed by atoms with Gasteiger partial charge in [0.2, 0.25) is 11.8 Å². The Morgan fingerprint density at radius 3 is 2.20 bits per heavy atom. The smallest absolute Gasteiger partial charge is 0.264 e. The van der Waals surface area contributed by atoms with Gasteiger partial charge in [-0.3, -0.25) is 13.9 Å². The Morgan fingerprint density at radius 1 is 0.900 bits per heavy atom. The van der Waals surface area contributed by atoms with Crippen molar-refractivity contribution in [3.8, 4) is 5.75 Å². The molecule has 0 aliphatic carbocycles. The fraction of sp³-hybridized carbons (Fsp3) is 0.355. The van der Waals surface area contributed by atoms with Gasteiger partial charge in [0.05, 0.1) is 17.7 Å². The zero-order chi connectivity index (χ0) is 29.4. The number of benzene rings is 3. The number of aryl methyl sites for hydroxylation is 2. The molecule has 0 saturated heterocycles. The lowest BCUT2D eigenvalue weighted by Crippen LogP contribution is -2.51. The Labute approximate surface area is 238 Å². The number of nitrogens with one attached hydrogen (secondary N) is 1. The van der Waals surface area contributed by atoms with E-state index in [0.29, 0.717) is 12.3 Å². The molecule has 40 heavy (non-hydrogen) atoms. The van der Waals surface area contributed by atoms with Gasteiger partial charge in [-0.15, -0.1) is 0 Å². The summed E-state index contributed by atoms with van der Waals surface area (Å²) in [5.74, 6) is -0.285. The van der Waals surface area contributed by atoms with Crippen LogP contribution in [-0.4, -0.2) is 51.4 Å². The van der Waals surface area contributed by atoms with E-state index in [1.54, 1.807) is 43.3 Å². The number of rotatable bonds is 12. The van der Waals surface area contributed by atoms with Gasteiger partial charge in [-0.2, -0.15) is 0 Å². The number of anilines is 1. The molecule has 3 aromatic carbocycles.